The van der Waals surface area contributed by atoms with Crippen LogP contribution in [0.1, 0.15) is 53.4 Å². The lowest BCUT2D eigenvalue weighted by Crippen LogP contribution is -2.50. The summed E-state index contributed by atoms with van der Waals surface area (Å²) in [7, 11) is 0. The molecule has 0 fully saturated rings. The summed E-state index contributed by atoms with van der Waals surface area (Å²) >= 11 is 0. The molecule has 0 aromatic carbocycles. The zero-order valence-corrected chi connectivity index (χ0v) is 15.9. The minimum atomic E-state index is -1.17. The number of rotatable bonds is 12. The highest BCUT2D eigenvalue weighted by molar-refractivity contribution is 5.90. The smallest absolute Gasteiger partial charge is 0.322 e. The molecule has 0 saturated heterocycles. The van der Waals surface area contributed by atoms with E-state index in [1.54, 1.807) is 0 Å². The Morgan fingerprint density at radius 1 is 0.923 bits per heavy atom. The number of carbonyl (C=O) groups is 4. The van der Waals surface area contributed by atoms with Crippen molar-refractivity contribution >= 4 is 23.7 Å². The van der Waals surface area contributed by atoms with E-state index >= 15 is 0 Å². The van der Waals surface area contributed by atoms with Gasteiger partial charge in [0.2, 0.25) is 17.7 Å². The van der Waals surface area contributed by atoms with Crippen molar-refractivity contribution in [1.29, 1.82) is 0 Å². The molecule has 150 valence electrons. The molecular formula is C17H31N3O6. The summed E-state index contributed by atoms with van der Waals surface area (Å²) in [6.45, 7) is 7.14. The summed E-state index contributed by atoms with van der Waals surface area (Å²) in [6, 6.07) is -0.844. The number of hydrogen-bond donors (Lipinski definition) is 5. The van der Waals surface area contributed by atoms with E-state index in [-0.39, 0.29) is 30.6 Å². The summed E-state index contributed by atoms with van der Waals surface area (Å²) in [6.07, 6.45) is 1.11. The maximum atomic E-state index is 12.6. The first-order chi connectivity index (χ1) is 12.1. The van der Waals surface area contributed by atoms with E-state index in [1.807, 2.05) is 27.7 Å². The van der Waals surface area contributed by atoms with E-state index in [0.717, 1.165) is 0 Å². The molecule has 0 radical (unpaired) electrons. The third-order valence-corrected chi connectivity index (χ3v) is 3.73. The fraction of sp³-hybridized carbons (Fsp3) is 0.765. The van der Waals surface area contributed by atoms with Crippen LogP contribution in [0.4, 0.5) is 0 Å². The van der Waals surface area contributed by atoms with Crippen LogP contribution in [0.2, 0.25) is 0 Å². The molecule has 1 unspecified atom stereocenters. The van der Waals surface area contributed by atoms with Crippen LogP contribution in [-0.4, -0.2) is 46.6 Å². The van der Waals surface area contributed by atoms with Crippen molar-refractivity contribution < 1.29 is 29.5 Å². The molecule has 3 amide bonds. The molecule has 0 aliphatic carbocycles. The van der Waals surface area contributed by atoms with Gasteiger partial charge in [-0.25, -0.2) is 5.48 Å². The normalized spacial score (nSPS) is 13.2. The average Bonchev–Trinajstić information content (AvgIpc) is 2.54. The highest BCUT2D eigenvalue weighted by Gasteiger charge is 2.27. The topological polar surface area (TPSA) is 145 Å². The van der Waals surface area contributed by atoms with Gasteiger partial charge in [-0.05, 0) is 31.1 Å². The van der Waals surface area contributed by atoms with Gasteiger partial charge >= 0.3 is 5.97 Å². The summed E-state index contributed by atoms with van der Waals surface area (Å²) in [5.41, 5.74) is 1.53. The lowest BCUT2D eigenvalue weighted by atomic mass is 9.91. The largest absolute Gasteiger partial charge is 0.480 e. The molecule has 26 heavy (non-hydrogen) atoms. The van der Waals surface area contributed by atoms with Gasteiger partial charge in [-0.3, -0.25) is 24.4 Å². The van der Waals surface area contributed by atoms with Crippen LogP contribution in [0, 0.1) is 17.8 Å². The van der Waals surface area contributed by atoms with Crippen LogP contribution >= 0.6 is 0 Å². The SMILES string of the molecule is CC(C)CC(CCC(=O)NO)C(=O)N[C@@H](CC(C)C)C(=O)NCC(=O)O. The second-order valence-corrected chi connectivity index (χ2v) is 7.20. The van der Waals surface area contributed by atoms with Crippen LogP contribution in [0.5, 0.6) is 0 Å². The molecule has 0 aliphatic rings. The number of carbonyl (C=O) groups excluding carboxylic acids is 3. The van der Waals surface area contributed by atoms with Gasteiger partial charge in [-0.15, -0.1) is 0 Å². The van der Waals surface area contributed by atoms with Gasteiger partial charge in [0, 0.05) is 12.3 Å². The van der Waals surface area contributed by atoms with Gasteiger partial charge < -0.3 is 15.7 Å². The number of hydroxylamine groups is 1. The van der Waals surface area contributed by atoms with Crippen molar-refractivity contribution in [1.82, 2.24) is 16.1 Å². The number of aliphatic carboxylic acids is 1. The van der Waals surface area contributed by atoms with Crippen LogP contribution in [0.15, 0.2) is 0 Å². The number of nitrogens with one attached hydrogen (secondary N) is 3. The van der Waals surface area contributed by atoms with Crippen molar-refractivity contribution in [2.75, 3.05) is 6.54 Å². The fourth-order valence-corrected chi connectivity index (χ4v) is 2.56. The lowest BCUT2D eigenvalue weighted by Gasteiger charge is -2.24. The third-order valence-electron chi connectivity index (χ3n) is 3.73. The zero-order chi connectivity index (χ0) is 20.3. The molecule has 0 spiro atoms. The van der Waals surface area contributed by atoms with E-state index in [4.69, 9.17) is 10.3 Å². The number of carboxylic acid groups (broad SMARTS) is 1. The zero-order valence-electron chi connectivity index (χ0n) is 15.9. The fourth-order valence-electron chi connectivity index (χ4n) is 2.56. The molecule has 0 aliphatic heterocycles. The Balaban J connectivity index is 5.02. The lowest BCUT2D eigenvalue weighted by molar-refractivity contribution is -0.138. The van der Waals surface area contributed by atoms with E-state index in [1.165, 1.54) is 5.48 Å². The Morgan fingerprint density at radius 2 is 1.50 bits per heavy atom. The van der Waals surface area contributed by atoms with Crippen molar-refractivity contribution in [3.63, 3.8) is 0 Å². The maximum Gasteiger partial charge on any atom is 0.322 e. The van der Waals surface area contributed by atoms with Gasteiger partial charge in [0.05, 0.1) is 0 Å². The molecule has 0 heterocycles. The molecule has 9 heteroatoms. The van der Waals surface area contributed by atoms with E-state index in [0.29, 0.717) is 12.8 Å². The molecular weight excluding hydrogens is 342 g/mol. The van der Waals surface area contributed by atoms with Crippen molar-refractivity contribution in [3.8, 4) is 0 Å². The van der Waals surface area contributed by atoms with Crippen LogP contribution in [0.25, 0.3) is 0 Å². The molecule has 9 nitrogen and oxygen atoms in total. The highest BCUT2D eigenvalue weighted by atomic mass is 16.5. The van der Waals surface area contributed by atoms with Crippen LogP contribution in [0.3, 0.4) is 0 Å². The summed E-state index contributed by atoms with van der Waals surface area (Å²) in [5, 5.41) is 22.2. The predicted molar refractivity (Wildman–Crippen MR) is 94.1 cm³/mol. The third kappa shape index (κ3) is 10.7. The molecule has 0 aromatic heterocycles. The van der Waals surface area contributed by atoms with Gasteiger partial charge in [0.15, 0.2) is 0 Å². The first-order valence-corrected chi connectivity index (χ1v) is 8.79. The minimum absolute atomic E-state index is 0.0125. The highest BCUT2D eigenvalue weighted by Crippen LogP contribution is 2.18. The molecule has 2 atom stereocenters. The van der Waals surface area contributed by atoms with Gasteiger partial charge in [-0.1, -0.05) is 27.7 Å². The predicted octanol–water partition coefficient (Wildman–Crippen LogP) is 0.666. The summed E-state index contributed by atoms with van der Waals surface area (Å²) in [5.74, 6) is -2.84. The molecule has 0 bridgehead atoms. The molecule has 5 N–H and O–H groups in total. The Labute approximate surface area is 153 Å². The summed E-state index contributed by atoms with van der Waals surface area (Å²) < 4.78 is 0. The standard InChI is InChI=1S/C17H31N3O6/c1-10(2)7-12(5-6-14(21)20-26)16(24)19-13(8-11(3)4)17(25)18-9-15(22)23/h10-13,26H,5-9H2,1-4H3,(H,18,25)(H,19,24)(H,20,21)(H,22,23)/t12?,13-/m0/s1. The van der Waals surface area contributed by atoms with Crippen molar-refractivity contribution in [2.24, 2.45) is 17.8 Å². The first-order valence-electron chi connectivity index (χ1n) is 8.79. The number of amides is 3. The molecule has 0 aromatic rings. The molecule has 0 saturated carbocycles. The number of carboxylic acids is 1. The Morgan fingerprint density at radius 3 is 1.96 bits per heavy atom. The Hall–Kier alpha value is -2.16. The van der Waals surface area contributed by atoms with Crippen LogP contribution < -0.4 is 16.1 Å². The monoisotopic (exact) mass is 373 g/mol. The van der Waals surface area contributed by atoms with Gasteiger partial charge in [0.1, 0.15) is 12.6 Å². The second-order valence-electron chi connectivity index (χ2n) is 7.20. The van der Waals surface area contributed by atoms with Gasteiger partial charge in [0.25, 0.3) is 0 Å². The summed E-state index contributed by atoms with van der Waals surface area (Å²) in [4.78, 5) is 46.7. The number of hydrogen-bond acceptors (Lipinski definition) is 5. The van der Waals surface area contributed by atoms with Crippen molar-refractivity contribution in [3.05, 3.63) is 0 Å². The second kappa shape index (κ2) is 12.2. The van der Waals surface area contributed by atoms with E-state index in [9.17, 15) is 19.2 Å². The first kappa shape index (κ1) is 23.8. The Bertz CT molecular complexity index is 493. The molecule has 0 rings (SSSR count). The quantitative estimate of drug-likeness (QED) is 0.251. The van der Waals surface area contributed by atoms with E-state index < -0.39 is 36.3 Å². The Kier molecular flexibility index (Phi) is 11.2. The van der Waals surface area contributed by atoms with Gasteiger partial charge in [-0.2, -0.15) is 0 Å². The average molecular weight is 373 g/mol. The van der Waals surface area contributed by atoms with E-state index in [2.05, 4.69) is 10.6 Å². The minimum Gasteiger partial charge on any atom is -0.480 e. The van der Waals surface area contributed by atoms with Crippen LogP contribution in [-0.2, 0) is 19.2 Å². The maximum absolute atomic E-state index is 12.6. The van der Waals surface area contributed by atoms with Crippen molar-refractivity contribution in [2.45, 2.75) is 59.4 Å².